The summed E-state index contributed by atoms with van der Waals surface area (Å²) in [6.07, 6.45) is 11.8. The number of nitrogens with one attached hydrogen (secondary N) is 2. The molecule has 30 heavy (non-hydrogen) atoms. The Bertz CT molecular complexity index is 790. The molecule has 0 spiro atoms. The van der Waals surface area contributed by atoms with Crippen LogP contribution in [0, 0.1) is 12.3 Å². The van der Waals surface area contributed by atoms with Gasteiger partial charge in [-0.25, -0.2) is 5.43 Å². The van der Waals surface area contributed by atoms with Crippen LogP contribution in [-0.4, -0.2) is 36.7 Å². The van der Waals surface area contributed by atoms with E-state index in [9.17, 15) is 14.7 Å². The van der Waals surface area contributed by atoms with E-state index in [1.165, 1.54) is 25.4 Å². The number of phenols is 1. The number of para-hydroxylation sites is 1. The number of nitrogens with zero attached hydrogens (tertiary/aromatic N) is 1. The number of carbonyl (C=O) groups excluding carboxylic acids is 2. The van der Waals surface area contributed by atoms with Gasteiger partial charge in [0.2, 0.25) is 5.91 Å². The first-order valence-electron chi connectivity index (χ1n) is 9.38. The fraction of sp³-hybridized carbons (Fsp3) is 0.261. The molecule has 5 N–H and O–H groups in total. The third kappa shape index (κ3) is 11.3. The molecule has 7 heteroatoms. The molecule has 0 saturated carbocycles. The number of hydrogen-bond acceptors (Lipinski definition) is 5. The number of amides is 2. The SMILES string of the molecule is C#CC/C(=C\C=C)C(=O)NCC(=O)N/N=C/c1cccc(CC=C)c1O.CC.CN. The largest absolute Gasteiger partial charge is 0.507 e. The first-order chi connectivity index (χ1) is 14.5. The molecule has 0 heterocycles. The van der Waals surface area contributed by atoms with E-state index in [1.54, 1.807) is 24.3 Å². The number of benzene rings is 1. The van der Waals surface area contributed by atoms with E-state index >= 15 is 0 Å². The van der Waals surface area contributed by atoms with Crippen LogP contribution in [0.4, 0.5) is 0 Å². The Kier molecular flexibility index (Phi) is 17.8. The highest BCUT2D eigenvalue weighted by Gasteiger charge is 2.09. The van der Waals surface area contributed by atoms with Gasteiger partial charge in [-0.1, -0.05) is 50.8 Å². The number of carbonyl (C=O) groups is 2. The van der Waals surface area contributed by atoms with Gasteiger partial charge in [-0.15, -0.1) is 18.9 Å². The number of rotatable bonds is 9. The first kappa shape index (κ1) is 28.6. The number of phenolic OH excluding ortho intramolecular Hbond substituents is 1. The second kappa shape index (κ2) is 18.7. The second-order valence-electron chi connectivity index (χ2n) is 5.13. The fourth-order valence-electron chi connectivity index (χ4n) is 1.99. The van der Waals surface area contributed by atoms with Gasteiger partial charge in [-0.3, -0.25) is 9.59 Å². The highest BCUT2D eigenvalue weighted by Crippen LogP contribution is 2.21. The molecule has 0 fully saturated rings. The van der Waals surface area contributed by atoms with Crippen molar-refractivity contribution in [1.29, 1.82) is 0 Å². The van der Waals surface area contributed by atoms with Crippen LogP contribution in [0.1, 0.15) is 31.4 Å². The molecule has 1 rings (SSSR count). The number of nitrogens with two attached hydrogens (primary N) is 1. The van der Waals surface area contributed by atoms with Gasteiger partial charge in [-0.05, 0) is 25.1 Å². The van der Waals surface area contributed by atoms with Crippen LogP contribution in [0.25, 0.3) is 0 Å². The smallest absolute Gasteiger partial charge is 0.259 e. The number of hydrazone groups is 1. The first-order valence-corrected chi connectivity index (χ1v) is 9.38. The number of allylic oxidation sites excluding steroid dienone is 3. The van der Waals surface area contributed by atoms with Crippen molar-refractivity contribution in [2.24, 2.45) is 10.8 Å². The van der Waals surface area contributed by atoms with Crippen molar-refractivity contribution in [1.82, 2.24) is 10.7 Å². The molecule has 0 radical (unpaired) electrons. The maximum Gasteiger partial charge on any atom is 0.259 e. The third-order valence-corrected chi connectivity index (χ3v) is 3.22. The molecule has 0 atom stereocenters. The lowest BCUT2D eigenvalue weighted by Crippen LogP contribution is -2.35. The summed E-state index contributed by atoms with van der Waals surface area (Å²) in [5, 5.41) is 16.3. The quantitative estimate of drug-likeness (QED) is 0.124. The highest BCUT2D eigenvalue weighted by molar-refractivity contribution is 5.96. The molecule has 2 amide bonds. The van der Waals surface area contributed by atoms with Crippen molar-refractivity contribution in [3.8, 4) is 18.1 Å². The molecular formula is C23H32N4O3. The van der Waals surface area contributed by atoms with Crippen LogP contribution in [0.15, 0.2) is 60.3 Å². The Morgan fingerprint density at radius 2 is 1.97 bits per heavy atom. The summed E-state index contributed by atoms with van der Waals surface area (Å²) in [5.74, 6) is 1.47. The molecule has 0 aliphatic carbocycles. The minimum Gasteiger partial charge on any atom is -0.507 e. The van der Waals surface area contributed by atoms with E-state index in [0.29, 0.717) is 23.1 Å². The Labute approximate surface area is 179 Å². The molecule has 0 unspecified atom stereocenters. The average Bonchev–Trinajstić information content (AvgIpc) is 2.77. The summed E-state index contributed by atoms with van der Waals surface area (Å²) < 4.78 is 0. The van der Waals surface area contributed by atoms with Crippen molar-refractivity contribution >= 4 is 18.0 Å². The maximum atomic E-state index is 11.9. The summed E-state index contributed by atoms with van der Waals surface area (Å²) in [6, 6.07) is 5.19. The molecule has 0 aromatic heterocycles. The van der Waals surface area contributed by atoms with Gasteiger partial charge in [0.25, 0.3) is 5.91 Å². The van der Waals surface area contributed by atoms with Gasteiger partial charge in [0, 0.05) is 17.6 Å². The molecule has 0 bridgehead atoms. The van der Waals surface area contributed by atoms with Gasteiger partial charge in [0.1, 0.15) is 5.75 Å². The van der Waals surface area contributed by atoms with E-state index in [2.05, 4.69) is 40.7 Å². The van der Waals surface area contributed by atoms with Crippen molar-refractivity contribution in [2.75, 3.05) is 13.6 Å². The molecular weight excluding hydrogens is 380 g/mol. The van der Waals surface area contributed by atoms with Gasteiger partial charge in [-0.2, -0.15) is 5.10 Å². The van der Waals surface area contributed by atoms with Gasteiger partial charge < -0.3 is 16.2 Å². The van der Waals surface area contributed by atoms with Crippen LogP contribution >= 0.6 is 0 Å². The molecule has 0 aliphatic rings. The minimum atomic E-state index is -0.519. The molecule has 1 aromatic carbocycles. The van der Waals surface area contributed by atoms with E-state index < -0.39 is 11.8 Å². The van der Waals surface area contributed by atoms with E-state index in [1.807, 2.05) is 13.8 Å². The maximum absolute atomic E-state index is 11.9. The zero-order valence-corrected chi connectivity index (χ0v) is 17.9. The summed E-state index contributed by atoms with van der Waals surface area (Å²) in [7, 11) is 1.50. The zero-order valence-electron chi connectivity index (χ0n) is 17.9. The molecule has 162 valence electrons. The van der Waals surface area contributed by atoms with Crippen LogP contribution in [-0.2, 0) is 16.0 Å². The van der Waals surface area contributed by atoms with E-state index in [4.69, 9.17) is 6.42 Å². The van der Waals surface area contributed by atoms with E-state index in [0.717, 1.165) is 0 Å². The monoisotopic (exact) mass is 412 g/mol. The number of terminal acetylenes is 1. The number of aromatic hydroxyl groups is 1. The summed E-state index contributed by atoms with van der Waals surface area (Å²) in [6.45, 7) is 10.9. The van der Waals surface area contributed by atoms with Crippen molar-refractivity contribution in [3.05, 3.63) is 66.3 Å². The van der Waals surface area contributed by atoms with Crippen LogP contribution in [0.5, 0.6) is 5.75 Å². The molecule has 7 nitrogen and oxygen atoms in total. The van der Waals surface area contributed by atoms with Crippen molar-refractivity contribution in [3.63, 3.8) is 0 Å². The van der Waals surface area contributed by atoms with Crippen molar-refractivity contribution < 1.29 is 14.7 Å². The molecule has 0 saturated heterocycles. The minimum absolute atomic E-state index is 0.0761. The fourth-order valence-corrected chi connectivity index (χ4v) is 1.99. The summed E-state index contributed by atoms with van der Waals surface area (Å²) >= 11 is 0. The van der Waals surface area contributed by atoms with Gasteiger partial charge in [0.05, 0.1) is 12.8 Å². The predicted octanol–water partition coefficient (Wildman–Crippen LogP) is 2.42. The Morgan fingerprint density at radius 3 is 2.53 bits per heavy atom. The zero-order chi connectivity index (χ0) is 23.4. The van der Waals surface area contributed by atoms with Crippen LogP contribution in [0.2, 0.25) is 0 Å². The molecule has 0 aliphatic heterocycles. The van der Waals surface area contributed by atoms with Gasteiger partial charge >= 0.3 is 0 Å². The highest BCUT2D eigenvalue weighted by atomic mass is 16.3. The second-order valence-corrected chi connectivity index (χ2v) is 5.13. The molecule has 1 aromatic rings. The lowest BCUT2D eigenvalue weighted by Gasteiger charge is -2.06. The third-order valence-electron chi connectivity index (χ3n) is 3.22. The van der Waals surface area contributed by atoms with Crippen LogP contribution in [0.3, 0.4) is 0 Å². The van der Waals surface area contributed by atoms with Crippen LogP contribution < -0.4 is 16.5 Å². The lowest BCUT2D eigenvalue weighted by molar-refractivity contribution is -0.124. The average molecular weight is 413 g/mol. The summed E-state index contributed by atoms with van der Waals surface area (Å²) in [5.41, 5.74) is 8.27. The normalized spacial score (nSPS) is 9.77. The Balaban J connectivity index is 0. The Hall–Kier alpha value is -3.63. The van der Waals surface area contributed by atoms with Crippen molar-refractivity contribution in [2.45, 2.75) is 26.7 Å². The number of hydrogen-bond donors (Lipinski definition) is 4. The lowest BCUT2D eigenvalue weighted by atomic mass is 10.1. The van der Waals surface area contributed by atoms with E-state index in [-0.39, 0.29) is 18.7 Å². The standard InChI is InChI=1S/C20H21N3O3.C2H6.CH5N/c1-4-8-15-11-7-12-17(19(15)25)13-22-23-18(24)14-21-20(26)16(9-5-2)10-6-3;2*1-2/h2,4,6-7,10-13,25H,1,3,8-9,14H2,(H,21,26)(H,23,24);1-2H3;2H2,1H3/b16-10+,22-13+;;. The predicted molar refractivity (Wildman–Crippen MR) is 124 cm³/mol. The Morgan fingerprint density at radius 1 is 1.30 bits per heavy atom. The van der Waals surface area contributed by atoms with Gasteiger partial charge in [0.15, 0.2) is 0 Å². The topological polar surface area (TPSA) is 117 Å². The summed E-state index contributed by atoms with van der Waals surface area (Å²) in [4.78, 5) is 23.6.